The summed E-state index contributed by atoms with van der Waals surface area (Å²) in [6, 6.07) is 11.2. The Kier molecular flexibility index (Phi) is 4.04. The number of nitrogens with zero attached hydrogens (tertiary/aromatic N) is 1. The first kappa shape index (κ1) is 13.1. The second-order valence-corrected chi connectivity index (χ2v) is 5.55. The molecule has 2 rings (SSSR count). The Bertz CT molecular complexity index is 423. The monoisotopic (exact) mass is 242 g/mol. The molecule has 0 heterocycles. The van der Waals surface area contributed by atoms with Gasteiger partial charge in [0, 0.05) is 13.1 Å². The number of benzene rings is 1. The van der Waals surface area contributed by atoms with Crippen molar-refractivity contribution in [2.75, 3.05) is 6.54 Å². The molecule has 1 atom stereocenters. The summed E-state index contributed by atoms with van der Waals surface area (Å²) in [5.74, 6) is 0.639. The van der Waals surface area contributed by atoms with Crippen LogP contribution in [0.1, 0.15) is 50.2 Å². The predicted octanol–water partition coefficient (Wildman–Crippen LogP) is 3.59. The molecule has 1 N–H and O–H groups in total. The molecule has 0 aliphatic heterocycles. The van der Waals surface area contributed by atoms with E-state index in [1.165, 1.54) is 17.5 Å². The molecule has 0 bridgehead atoms. The lowest BCUT2D eigenvalue weighted by atomic mass is 9.97. The van der Waals surface area contributed by atoms with Gasteiger partial charge in [0.15, 0.2) is 0 Å². The summed E-state index contributed by atoms with van der Waals surface area (Å²) >= 11 is 0. The van der Waals surface area contributed by atoms with Crippen molar-refractivity contribution in [3.63, 3.8) is 0 Å². The summed E-state index contributed by atoms with van der Waals surface area (Å²) in [4.78, 5) is 0. The van der Waals surface area contributed by atoms with E-state index in [-0.39, 0.29) is 5.41 Å². The fourth-order valence-corrected chi connectivity index (χ4v) is 2.12. The highest BCUT2D eigenvalue weighted by Crippen LogP contribution is 2.44. The van der Waals surface area contributed by atoms with Crippen LogP contribution in [0.15, 0.2) is 24.3 Å². The van der Waals surface area contributed by atoms with Crippen LogP contribution in [-0.4, -0.2) is 6.54 Å². The minimum absolute atomic E-state index is 0.0450. The van der Waals surface area contributed by atoms with Crippen molar-refractivity contribution < 1.29 is 0 Å². The van der Waals surface area contributed by atoms with Gasteiger partial charge >= 0.3 is 0 Å². The van der Waals surface area contributed by atoms with Gasteiger partial charge in [0.25, 0.3) is 0 Å². The molecule has 96 valence electrons. The second-order valence-electron chi connectivity index (χ2n) is 5.55. The van der Waals surface area contributed by atoms with Gasteiger partial charge in [-0.3, -0.25) is 0 Å². The Morgan fingerprint density at radius 3 is 2.50 bits per heavy atom. The Balaban J connectivity index is 1.82. The number of nitriles is 1. The molecule has 1 unspecified atom stereocenters. The fourth-order valence-electron chi connectivity index (χ4n) is 2.12. The van der Waals surface area contributed by atoms with E-state index in [4.69, 9.17) is 5.26 Å². The topological polar surface area (TPSA) is 35.8 Å². The van der Waals surface area contributed by atoms with E-state index in [0.717, 1.165) is 25.9 Å². The highest BCUT2D eigenvalue weighted by Gasteiger charge is 2.42. The lowest BCUT2D eigenvalue weighted by molar-refractivity contribution is 0.558. The van der Waals surface area contributed by atoms with E-state index >= 15 is 0 Å². The van der Waals surface area contributed by atoms with Gasteiger partial charge in [-0.1, -0.05) is 38.1 Å². The molecule has 2 nitrogen and oxygen atoms in total. The molecule has 1 saturated carbocycles. The SMILES string of the molecule is CCC(C)c1ccc(CNCC2(C#N)CC2)cc1. The standard InChI is InChI=1S/C16H22N2/c1-3-13(2)15-6-4-14(5-7-15)10-18-12-16(11-17)8-9-16/h4-7,13,18H,3,8-10,12H2,1-2H3. The number of nitrogens with one attached hydrogen (secondary N) is 1. The average Bonchev–Trinajstić information content (AvgIpc) is 3.19. The molecular weight excluding hydrogens is 220 g/mol. The zero-order valence-electron chi connectivity index (χ0n) is 11.4. The predicted molar refractivity (Wildman–Crippen MR) is 74.1 cm³/mol. The molecule has 0 saturated heterocycles. The van der Waals surface area contributed by atoms with Crippen molar-refractivity contribution in [2.45, 2.75) is 45.6 Å². The van der Waals surface area contributed by atoms with Crippen LogP contribution in [0.2, 0.25) is 0 Å². The molecule has 18 heavy (non-hydrogen) atoms. The average molecular weight is 242 g/mol. The summed E-state index contributed by atoms with van der Waals surface area (Å²) in [7, 11) is 0. The number of rotatable bonds is 6. The molecule has 0 radical (unpaired) electrons. The van der Waals surface area contributed by atoms with E-state index in [1.54, 1.807) is 0 Å². The third-order valence-electron chi connectivity index (χ3n) is 4.04. The summed E-state index contributed by atoms with van der Waals surface area (Å²) in [6.07, 6.45) is 3.30. The molecule has 1 aromatic rings. The van der Waals surface area contributed by atoms with Gasteiger partial charge < -0.3 is 5.32 Å². The Morgan fingerprint density at radius 2 is 2.00 bits per heavy atom. The van der Waals surface area contributed by atoms with Gasteiger partial charge in [-0.25, -0.2) is 0 Å². The molecular formula is C16H22N2. The van der Waals surface area contributed by atoms with Crippen molar-refractivity contribution >= 4 is 0 Å². The number of hydrogen-bond donors (Lipinski definition) is 1. The normalized spacial score (nSPS) is 18.1. The first-order chi connectivity index (χ1) is 8.69. The van der Waals surface area contributed by atoms with Crippen LogP contribution >= 0.6 is 0 Å². The molecule has 1 aliphatic carbocycles. The number of hydrogen-bond acceptors (Lipinski definition) is 2. The molecule has 0 aromatic heterocycles. The van der Waals surface area contributed by atoms with E-state index in [9.17, 15) is 0 Å². The van der Waals surface area contributed by atoms with Crippen LogP contribution in [0, 0.1) is 16.7 Å². The van der Waals surface area contributed by atoms with Crippen LogP contribution < -0.4 is 5.32 Å². The van der Waals surface area contributed by atoms with Gasteiger partial charge in [0.2, 0.25) is 0 Å². The van der Waals surface area contributed by atoms with Crippen molar-refractivity contribution in [3.05, 3.63) is 35.4 Å². The summed E-state index contributed by atoms with van der Waals surface area (Å²) in [6.45, 7) is 6.18. The van der Waals surface area contributed by atoms with Gasteiger partial charge in [-0.05, 0) is 36.3 Å². The highest BCUT2D eigenvalue weighted by atomic mass is 14.9. The van der Waals surface area contributed by atoms with Crippen LogP contribution in [0.3, 0.4) is 0 Å². The Morgan fingerprint density at radius 1 is 1.33 bits per heavy atom. The Labute approximate surface area is 110 Å². The van der Waals surface area contributed by atoms with Gasteiger partial charge in [0.05, 0.1) is 11.5 Å². The summed E-state index contributed by atoms with van der Waals surface area (Å²) in [5.41, 5.74) is 2.67. The zero-order chi connectivity index (χ0) is 13.0. The third kappa shape index (κ3) is 3.11. The smallest absolute Gasteiger partial charge is 0.0703 e. The van der Waals surface area contributed by atoms with E-state index < -0.39 is 0 Å². The lowest BCUT2D eigenvalue weighted by Crippen LogP contribution is -2.22. The van der Waals surface area contributed by atoms with E-state index in [1.807, 2.05) is 0 Å². The minimum Gasteiger partial charge on any atom is -0.311 e. The molecule has 2 heteroatoms. The summed E-state index contributed by atoms with van der Waals surface area (Å²) in [5, 5.41) is 12.4. The largest absolute Gasteiger partial charge is 0.311 e. The van der Waals surface area contributed by atoms with Gasteiger partial charge in [0.1, 0.15) is 0 Å². The van der Waals surface area contributed by atoms with Crippen LogP contribution in [0.25, 0.3) is 0 Å². The quantitative estimate of drug-likeness (QED) is 0.827. The van der Waals surface area contributed by atoms with Crippen molar-refractivity contribution in [2.24, 2.45) is 5.41 Å². The summed E-state index contributed by atoms with van der Waals surface area (Å²) < 4.78 is 0. The van der Waals surface area contributed by atoms with Crippen molar-refractivity contribution in [1.82, 2.24) is 5.32 Å². The second kappa shape index (κ2) is 5.54. The minimum atomic E-state index is -0.0450. The van der Waals surface area contributed by atoms with E-state index in [2.05, 4.69) is 49.5 Å². The van der Waals surface area contributed by atoms with E-state index in [0.29, 0.717) is 5.92 Å². The maximum Gasteiger partial charge on any atom is 0.0703 e. The fraction of sp³-hybridized carbons (Fsp3) is 0.562. The Hall–Kier alpha value is -1.33. The van der Waals surface area contributed by atoms with Gasteiger partial charge in [-0.15, -0.1) is 0 Å². The van der Waals surface area contributed by atoms with Gasteiger partial charge in [-0.2, -0.15) is 5.26 Å². The molecule has 1 fully saturated rings. The van der Waals surface area contributed by atoms with Crippen LogP contribution in [-0.2, 0) is 6.54 Å². The van der Waals surface area contributed by atoms with Crippen molar-refractivity contribution in [3.8, 4) is 6.07 Å². The molecule has 0 spiro atoms. The van der Waals surface area contributed by atoms with Crippen LogP contribution in [0.5, 0.6) is 0 Å². The lowest BCUT2D eigenvalue weighted by Gasteiger charge is -2.11. The van der Waals surface area contributed by atoms with Crippen molar-refractivity contribution in [1.29, 1.82) is 5.26 Å². The molecule has 1 aromatic carbocycles. The zero-order valence-corrected chi connectivity index (χ0v) is 11.4. The molecule has 1 aliphatic rings. The highest BCUT2D eigenvalue weighted by molar-refractivity contribution is 5.25. The van der Waals surface area contributed by atoms with Crippen LogP contribution in [0.4, 0.5) is 0 Å². The third-order valence-corrected chi connectivity index (χ3v) is 4.04. The first-order valence-electron chi connectivity index (χ1n) is 6.90. The maximum atomic E-state index is 8.99. The first-order valence-corrected chi connectivity index (χ1v) is 6.90. The molecule has 0 amide bonds. The maximum absolute atomic E-state index is 8.99.